The molecule has 2 bridgehead atoms. The number of amides is 1. The Hall–Kier alpha value is -2.34. The van der Waals surface area contributed by atoms with Crippen LogP contribution in [0.2, 0.25) is 0 Å². The van der Waals surface area contributed by atoms with Crippen LogP contribution < -0.4 is 9.64 Å². The monoisotopic (exact) mass is 343 g/mol. The Morgan fingerprint density at radius 3 is 2.80 bits per heavy atom. The number of esters is 1. The molecule has 132 valence electrons. The molecule has 1 spiro atoms. The highest BCUT2D eigenvalue weighted by Gasteiger charge is 2.67. The molecular formula is C19H21NO5. The van der Waals surface area contributed by atoms with Crippen molar-refractivity contribution in [3.8, 4) is 5.75 Å². The van der Waals surface area contributed by atoms with E-state index < -0.39 is 17.4 Å². The lowest BCUT2D eigenvalue weighted by Crippen LogP contribution is -2.40. The van der Waals surface area contributed by atoms with Crippen molar-refractivity contribution in [3.05, 3.63) is 36.4 Å². The van der Waals surface area contributed by atoms with Crippen molar-refractivity contribution in [1.29, 1.82) is 0 Å². The zero-order chi connectivity index (χ0) is 17.6. The smallest absolute Gasteiger partial charge is 0.312 e. The van der Waals surface area contributed by atoms with Crippen LogP contribution in [0.1, 0.15) is 13.3 Å². The van der Waals surface area contributed by atoms with Crippen LogP contribution >= 0.6 is 0 Å². The van der Waals surface area contributed by atoms with E-state index in [0.29, 0.717) is 13.2 Å². The van der Waals surface area contributed by atoms with Gasteiger partial charge < -0.3 is 19.1 Å². The van der Waals surface area contributed by atoms with E-state index >= 15 is 0 Å². The molecule has 1 aromatic rings. The SMILES string of the molecule is CCCOC(=O)[C@H]1[C@H]2C(=O)N(c3ccc(OC)cc3)C[C@@]23C=C[C@H]1O3. The molecule has 3 aliphatic rings. The lowest BCUT2D eigenvalue weighted by Gasteiger charge is -2.22. The predicted molar refractivity (Wildman–Crippen MR) is 90.3 cm³/mol. The van der Waals surface area contributed by atoms with Crippen molar-refractivity contribution in [2.75, 3.05) is 25.2 Å². The second-order valence-corrected chi connectivity index (χ2v) is 6.69. The van der Waals surface area contributed by atoms with Gasteiger partial charge in [-0.25, -0.2) is 0 Å². The number of fused-ring (bicyclic) bond motifs is 1. The molecule has 4 atom stereocenters. The van der Waals surface area contributed by atoms with E-state index in [0.717, 1.165) is 17.9 Å². The van der Waals surface area contributed by atoms with Crippen molar-refractivity contribution in [3.63, 3.8) is 0 Å². The topological polar surface area (TPSA) is 65.1 Å². The van der Waals surface area contributed by atoms with E-state index in [1.54, 1.807) is 12.0 Å². The first-order valence-electron chi connectivity index (χ1n) is 8.59. The quantitative estimate of drug-likeness (QED) is 0.604. The molecule has 1 amide bonds. The number of rotatable bonds is 5. The van der Waals surface area contributed by atoms with E-state index in [1.807, 2.05) is 43.3 Å². The second kappa shape index (κ2) is 5.88. The number of carbonyl (C=O) groups is 2. The van der Waals surface area contributed by atoms with Gasteiger partial charge in [-0.05, 0) is 30.7 Å². The largest absolute Gasteiger partial charge is 0.497 e. The first-order chi connectivity index (χ1) is 12.1. The molecule has 1 aromatic carbocycles. The molecule has 4 rings (SSSR count). The van der Waals surface area contributed by atoms with Gasteiger partial charge in [0.25, 0.3) is 0 Å². The fourth-order valence-corrected chi connectivity index (χ4v) is 4.05. The minimum absolute atomic E-state index is 0.0875. The molecule has 3 heterocycles. The third-order valence-electron chi connectivity index (χ3n) is 5.21. The Kier molecular flexibility index (Phi) is 3.80. The molecule has 0 aromatic heterocycles. The summed E-state index contributed by atoms with van der Waals surface area (Å²) in [5, 5.41) is 0. The number of nitrogens with zero attached hydrogens (tertiary/aromatic N) is 1. The number of benzene rings is 1. The highest BCUT2D eigenvalue weighted by atomic mass is 16.6. The van der Waals surface area contributed by atoms with Crippen LogP contribution in [0.3, 0.4) is 0 Å². The molecule has 2 fully saturated rings. The highest BCUT2D eigenvalue weighted by molar-refractivity contribution is 6.02. The maximum atomic E-state index is 13.1. The maximum absolute atomic E-state index is 13.1. The van der Waals surface area contributed by atoms with Crippen LogP contribution in [0.25, 0.3) is 0 Å². The average molecular weight is 343 g/mol. The highest BCUT2D eigenvalue weighted by Crippen LogP contribution is 2.52. The zero-order valence-electron chi connectivity index (χ0n) is 14.3. The van der Waals surface area contributed by atoms with Gasteiger partial charge in [-0.15, -0.1) is 0 Å². The number of ether oxygens (including phenoxy) is 3. The summed E-state index contributed by atoms with van der Waals surface area (Å²) in [5.41, 5.74) is 0.0492. The average Bonchev–Trinajstić information content (AvgIpc) is 3.28. The molecule has 0 N–H and O–H groups in total. The van der Waals surface area contributed by atoms with Crippen molar-refractivity contribution >= 4 is 17.6 Å². The molecule has 0 unspecified atom stereocenters. The number of anilines is 1. The Bertz CT molecular complexity index is 728. The Balaban J connectivity index is 1.61. The number of hydrogen-bond acceptors (Lipinski definition) is 5. The van der Waals surface area contributed by atoms with Crippen molar-refractivity contribution in [1.82, 2.24) is 0 Å². The van der Waals surface area contributed by atoms with Crippen molar-refractivity contribution < 1.29 is 23.8 Å². The molecule has 6 nitrogen and oxygen atoms in total. The van der Waals surface area contributed by atoms with E-state index in [1.165, 1.54) is 0 Å². The van der Waals surface area contributed by atoms with Gasteiger partial charge in [0.1, 0.15) is 17.3 Å². The van der Waals surface area contributed by atoms with Crippen LogP contribution in [0.5, 0.6) is 5.75 Å². The van der Waals surface area contributed by atoms with Gasteiger partial charge >= 0.3 is 5.97 Å². The van der Waals surface area contributed by atoms with E-state index in [2.05, 4.69) is 0 Å². The maximum Gasteiger partial charge on any atom is 0.312 e. The Morgan fingerprint density at radius 2 is 2.12 bits per heavy atom. The first-order valence-corrected chi connectivity index (χ1v) is 8.59. The summed E-state index contributed by atoms with van der Waals surface area (Å²) < 4.78 is 16.5. The third kappa shape index (κ3) is 2.35. The fourth-order valence-electron chi connectivity index (χ4n) is 4.05. The summed E-state index contributed by atoms with van der Waals surface area (Å²) >= 11 is 0. The summed E-state index contributed by atoms with van der Waals surface area (Å²) in [5.74, 6) is -0.781. The van der Waals surface area contributed by atoms with E-state index in [9.17, 15) is 9.59 Å². The molecule has 6 heteroatoms. The number of carbonyl (C=O) groups excluding carboxylic acids is 2. The van der Waals surface area contributed by atoms with Crippen LogP contribution in [-0.2, 0) is 19.1 Å². The summed E-state index contributed by atoms with van der Waals surface area (Å²) in [4.78, 5) is 27.3. The van der Waals surface area contributed by atoms with E-state index in [4.69, 9.17) is 14.2 Å². The second-order valence-electron chi connectivity index (χ2n) is 6.69. The minimum Gasteiger partial charge on any atom is -0.497 e. The van der Waals surface area contributed by atoms with Gasteiger partial charge in [-0.3, -0.25) is 9.59 Å². The van der Waals surface area contributed by atoms with Gasteiger partial charge in [0.2, 0.25) is 5.91 Å². The van der Waals surface area contributed by atoms with Gasteiger partial charge in [-0.2, -0.15) is 0 Å². The lowest BCUT2D eigenvalue weighted by molar-refractivity contribution is -0.152. The molecule has 0 aliphatic carbocycles. The summed E-state index contributed by atoms with van der Waals surface area (Å²) in [7, 11) is 1.60. The summed E-state index contributed by atoms with van der Waals surface area (Å²) in [6.07, 6.45) is 4.21. The van der Waals surface area contributed by atoms with E-state index in [-0.39, 0.29) is 18.0 Å². The van der Waals surface area contributed by atoms with Gasteiger partial charge in [-0.1, -0.05) is 19.1 Å². The first kappa shape index (κ1) is 16.1. The minimum atomic E-state index is -0.725. The van der Waals surface area contributed by atoms with Crippen molar-refractivity contribution in [2.24, 2.45) is 11.8 Å². The normalized spacial score (nSPS) is 32.2. The summed E-state index contributed by atoms with van der Waals surface area (Å²) in [6.45, 7) is 2.72. The Labute approximate surface area is 146 Å². The van der Waals surface area contributed by atoms with Crippen LogP contribution in [0.4, 0.5) is 5.69 Å². The van der Waals surface area contributed by atoms with Gasteiger partial charge in [0, 0.05) is 5.69 Å². The molecule has 3 aliphatic heterocycles. The van der Waals surface area contributed by atoms with Crippen LogP contribution in [0, 0.1) is 11.8 Å². The zero-order valence-corrected chi connectivity index (χ0v) is 14.3. The molecule has 2 saturated heterocycles. The molecule has 0 saturated carbocycles. The summed E-state index contributed by atoms with van der Waals surface area (Å²) in [6, 6.07) is 7.31. The van der Waals surface area contributed by atoms with Gasteiger partial charge in [0.05, 0.1) is 32.3 Å². The standard InChI is InChI=1S/C19H21NO5/c1-3-10-24-18(22)15-14-8-9-19(25-14)11-20(17(21)16(15)19)12-4-6-13(23-2)7-5-12/h4-9,14-16H,3,10-11H2,1-2H3/t14-,15-,16+,19+/m1/s1. The third-order valence-corrected chi connectivity index (χ3v) is 5.21. The van der Waals surface area contributed by atoms with Crippen molar-refractivity contribution in [2.45, 2.75) is 25.0 Å². The molecule has 0 radical (unpaired) electrons. The predicted octanol–water partition coefficient (Wildman–Crippen LogP) is 1.93. The molecular weight excluding hydrogens is 322 g/mol. The number of hydrogen-bond donors (Lipinski definition) is 0. The lowest BCUT2D eigenvalue weighted by atomic mass is 9.77. The molecule has 25 heavy (non-hydrogen) atoms. The number of methoxy groups -OCH3 is 1. The fraction of sp³-hybridized carbons (Fsp3) is 0.474. The van der Waals surface area contributed by atoms with Crippen LogP contribution in [0.15, 0.2) is 36.4 Å². The Morgan fingerprint density at radius 1 is 1.36 bits per heavy atom. The van der Waals surface area contributed by atoms with Gasteiger partial charge in [0.15, 0.2) is 0 Å². The van der Waals surface area contributed by atoms with Crippen LogP contribution in [-0.4, -0.2) is 43.8 Å².